The molecule has 27 heavy (non-hydrogen) atoms. The molecule has 1 saturated heterocycles. The molecular weight excluding hydrogens is 360 g/mol. The normalized spacial score (nSPS) is 14.7. The molecule has 0 aliphatic carbocycles. The first-order valence-electron chi connectivity index (χ1n) is 9.54. The average molecular weight is 389 g/mol. The van der Waals surface area contributed by atoms with E-state index in [0.29, 0.717) is 6.54 Å². The first kappa shape index (κ1) is 19.7. The van der Waals surface area contributed by atoms with Gasteiger partial charge in [-0.2, -0.15) is 0 Å². The Morgan fingerprint density at radius 1 is 1.22 bits per heavy atom. The molecule has 0 radical (unpaired) electrons. The molecule has 1 fully saturated rings. The maximum absolute atomic E-state index is 12.9. The molecule has 2 heterocycles. The van der Waals surface area contributed by atoms with Gasteiger partial charge in [-0.05, 0) is 54.8 Å². The van der Waals surface area contributed by atoms with Crippen molar-refractivity contribution < 1.29 is 14.3 Å². The molecule has 0 spiro atoms. The number of nitrogens with one attached hydrogen (secondary N) is 1. The van der Waals surface area contributed by atoms with Crippen molar-refractivity contribution >= 4 is 17.4 Å². The van der Waals surface area contributed by atoms with Crippen LogP contribution in [0.5, 0.6) is 5.75 Å². The number of carbonyl (C=O) groups excluding carboxylic acids is 1. The van der Waals surface area contributed by atoms with E-state index < -0.39 is 0 Å². The summed E-state index contributed by atoms with van der Waals surface area (Å²) in [6.45, 7) is 2.85. The van der Waals surface area contributed by atoms with Crippen molar-refractivity contribution in [1.29, 1.82) is 0 Å². The van der Waals surface area contributed by atoms with Crippen molar-refractivity contribution in [2.45, 2.75) is 31.7 Å². The van der Waals surface area contributed by atoms with E-state index in [1.54, 1.807) is 18.4 Å². The lowest BCUT2D eigenvalue weighted by Gasteiger charge is -2.34. The summed E-state index contributed by atoms with van der Waals surface area (Å²) >= 11 is 1.75. The molecule has 1 aromatic carbocycles. The Morgan fingerprint density at radius 2 is 2.00 bits per heavy atom. The Bertz CT molecular complexity index is 682. The smallest absolute Gasteiger partial charge is 0.317 e. The number of ether oxygens (including phenoxy) is 2. The first-order chi connectivity index (χ1) is 13.3. The molecule has 5 nitrogen and oxygen atoms in total. The van der Waals surface area contributed by atoms with Gasteiger partial charge in [0.1, 0.15) is 5.75 Å². The van der Waals surface area contributed by atoms with E-state index in [-0.39, 0.29) is 12.1 Å². The van der Waals surface area contributed by atoms with Gasteiger partial charge in [0.15, 0.2) is 0 Å². The third-order valence-corrected chi connectivity index (χ3v) is 5.86. The Kier molecular flexibility index (Phi) is 7.54. The highest BCUT2D eigenvalue weighted by molar-refractivity contribution is 7.09. The first-order valence-corrected chi connectivity index (χ1v) is 10.4. The van der Waals surface area contributed by atoms with Gasteiger partial charge in [-0.25, -0.2) is 4.79 Å². The van der Waals surface area contributed by atoms with E-state index in [1.807, 2.05) is 29.2 Å². The summed E-state index contributed by atoms with van der Waals surface area (Å²) in [7, 11) is 1.66. The van der Waals surface area contributed by atoms with E-state index in [2.05, 4.69) is 22.8 Å². The molecule has 0 bridgehead atoms. The van der Waals surface area contributed by atoms with Crippen LogP contribution in [0.15, 0.2) is 41.8 Å². The van der Waals surface area contributed by atoms with E-state index in [1.165, 1.54) is 10.4 Å². The van der Waals surface area contributed by atoms with Crippen molar-refractivity contribution in [1.82, 2.24) is 10.2 Å². The van der Waals surface area contributed by atoms with Gasteiger partial charge >= 0.3 is 6.03 Å². The number of hydrogen-bond acceptors (Lipinski definition) is 4. The second-order valence-corrected chi connectivity index (χ2v) is 7.73. The molecule has 1 N–H and O–H groups in total. The molecular formula is C21H28N2O3S. The molecule has 2 aromatic rings. The van der Waals surface area contributed by atoms with Crippen molar-refractivity contribution in [3.63, 3.8) is 0 Å². The number of thiophene rings is 1. The highest BCUT2D eigenvalue weighted by Gasteiger charge is 2.25. The Labute approximate surface area is 165 Å². The molecule has 0 atom stereocenters. The van der Waals surface area contributed by atoms with Gasteiger partial charge in [0.25, 0.3) is 0 Å². The predicted octanol–water partition coefficient (Wildman–Crippen LogP) is 3.73. The number of nitrogens with zero attached hydrogens (tertiary/aromatic N) is 1. The number of rotatable bonds is 8. The molecule has 1 aromatic heterocycles. The molecule has 2 amide bonds. The molecule has 146 valence electrons. The van der Waals surface area contributed by atoms with Crippen LogP contribution in [0.1, 0.15) is 23.3 Å². The largest absolute Gasteiger partial charge is 0.497 e. The molecule has 6 heteroatoms. The van der Waals surface area contributed by atoms with Gasteiger partial charge in [-0.3, -0.25) is 0 Å². The van der Waals surface area contributed by atoms with Crippen LogP contribution >= 0.6 is 11.3 Å². The lowest BCUT2D eigenvalue weighted by molar-refractivity contribution is 0.0462. The van der Waals surface area contributed by atoms with Crippen LogP contribution in [0, 0.1) is 0 Å². The standard InChI is InChI=1S/C21H28N2O3S/c1-25-19-6-4-17(5-7-19)8-12-22-21(24)23(18-10-14-26-15-11-18)13-9-20-3-2-16-27-20/h2-7,16,18H,8-15H2,1H3,(H,22,24). The highest BCUT2D eigenvalue weighted by Crippen LogP contribution is 2.17. The zero-order valence-electron chi connectivity index (χ0n) is 15.9. The van der Waals surface area contributed by atoms with Crippen LogP contribution in [0.3, 0.4) is 0 Å². The second-order valence-electron chi connectivity index (χ2n) is 6.70. The van der Waals surface area contributed by atoms with E-state index in [0.717, 1.165) is 51.2 Å². The Balaban J connectivity index is 1.52. The van der Waals surface area contributed by atoms with E-state index in [4.69, 9.17) is 9.47 Å². The van der Waals surface area contributed by atoms with Crippen LogP contribution in [0.4, 0.5) is 4.79 Å². The van der Waals surface area contributed by atoms with E-state index >= 15 is 0 Å². The predicted molar refractivity (Wildman–Crippen MR) is 109 cm³/mol. The number of methoxy groups -OCH3 is 1. The van der Waals surface area contributed by atoms with Crippen LogP contribution in [-0.2, 0) is 17.6 Å². The number of amides is 2. The molecule has 1 aliphatic heterocycles. The molecule has 1 aliphatic rings. The number of urea groups is 1. The maximum atomic E-state index is 12.9. The van der Waals surface area contributed by atoms with Gasteiger partial charge in [-0.15, -0.1) is 11.3 Å². The minimum absolute atomic E-state index is 0.0342. The fourth-order valence-electron chi connectivity index (χ4n) is 3.34. The monoisotopic (exact) mass is 388 g/mol. The summed E-state index contributed by atoms with van der Waals surface area (Å²) in [5, 5.41) is 5.19. The number of benzene rings is 1. The van der Waals surface area contributed by atoms with Crippen molar-refractivity contribution in [3.8, 4) is 5.75 Å². The van der Waals surface area contributed by atoms with Gasteiger partial charge in [0, 0.05) is 37.2 Å². The Hall–Kier alpha value is -2.05. The topological polar surface area (TPSA) is 50.8 Å². The molecule has 0 unspecified atom stereocenters. The van der Waals surface area contributed by atoms with Crippen LogP contribution in [0.2, 0.25) is 0 Å². The Morgan fingerprint density at radius 3 is 2.67 bits per heavy atom. The number of carbonyl (C=O) groups is 1. The van der Waals surface area contributed by atoms with Gasteiger partial charge in [0.2, 0.25) is 0 Å². The van der Waals surface area contributed by atoms with E-state index in [9.17, 15) is 4.79 Å². The van der Waals surface area contributed by atoms with Crippen LogP contribution in [0.25, 0.3) is 0 Å². The lowest BCUT2D eigenvalue weighted by Crippen LogP contribution is -2.49. The van der Waals surface area contributed by atoms with Gasteiger partial charge in [-0.1, -0.05) is 18.2 Å². The SMILES string of the molecule is COc1ccc(CCNC(=O)N(CCc2cccs2)C2CCOCC2)cc1. The summed E-state index contributed by atoms with van der Waals surface area (Å²) in [5.74, 6) is 0.849. The minimum Gasteiger partial charge on any atom is -0.497 e. The quantitative estimate of drug-likeness (QED) is 0.750. The summed E-state index contributed by atoms with van der Waals surface area (Å²) in [4.78, 5) is 16.2. The molecule has 0 saturated carbocycles. The minimum atomic E-state index is 0.0342. The zero-order valence-corrected chi connectivity index (χ0v) is 16.7. The van der Waals surface area contributed by atoms with Crippen LogP contribution < -0.4 is 10.1 Å². The van der Waals surface area contributed by atoms with Crippen molar-refractivity contribution in [3.05, 3.63) is 52.2 Å². The van der Waals surface area contributed by atoms with Crippen molar-refractivity contribution in [2.75, 3.05) is 33.4 Å². The number of hydrogen-bond donors (Lipinski definition) is 1. The summed E-state index contributed by atoms with van der Waals surface area (Å²) < 4.78 is 10.7. The summed E-state index contributed by atoms with van der Waals surface area (Å²) in [6.07, 6.45) is 3.54. The lowest BCUT2D eigenvalue weighted by atomic mass is 10.1. The average Bonchev–Trinajstić information content (AvgIpc) is 3.23. The van der Waals surface area contributed by atoms with Crippen molar-refractivity contribution in [2.24, 2.45) is 0 Å². The summed E-state index contributed by atoms with van der Waals surface area (Å²) in [5.41, 5.74) is 1.19. The zero-order chi connectivity index (χ0) is 18.9. The van der Waals surface area contributed by atoms with Gasteiger partial charge < -0.3 is 19.7 Å². The third kappa shape index (κ3) is 5.97. The maximum Gasteiger partial charge on any atom is 0.317 e. The second kappa shape index (κ2) is 10.3. The summed E-state index contributed by atoms with van der Waals surface area (Å²) in [6, 6.07) is 12.5. The third-order valence-electron chi connectivity index (χ3n) is 4.92. The fraction of sp³-hybridized carbons (Fsp3) is 0.476. The van der Waals surface area contributed by atoms with Crippen LogP contribution in [-0.4, -0.2) is 50.4 Å². The fourth-order valence-corrected chi connectivity index (χ4v) is 4.04. The highest BCUT2D eigenvalue weighted by atomic mass is 32.1. The van der Waals surface area contributed by atoms with Gasteiger partial charge in [0.05, 0.1) is 7.11 Å². The molecule has 3 rings (SSSR count).